The van der Waals surface area contributed by atoms with E-state index in [9.17, 15) is 0 Å². The molecule has 0 aromatic heterocycles. The lowest BCUT2D eigenvalue weighted by atomic mass is 9.89. The van der Waals surface area contributed by atoms with Crippen LogP contribution < -0.4 is 5.73 Å². The molecule has 0 radical (unpaired) electrons. The summed E-state index contributed by atoms with van der Waals surface area (Å²) in [7, 11) is 4.52. The summed E-state index contributed by atoms with van der Waals surface area (Å²) >= 11 is 0. The molecule has 100 valence electrons. The Morgan fingerprint density at radius 2 is 1.82 bits per heavy atom. The smallest absolute Gasteiger partial charge is 0.0306 e. The summed E-state index contributed by atoms with van der Waals surface area (Å²) < 4.78 is 0. The molecule has 17 heavy (non-hydrogen) atoms. The van der Waals surface area contributed by atoms with Crippen molar-refractivity contribution in [3.63, 3.8) is 0 Å². The first-order chi connectivity index (χ1) is 8.05. The highest BCUT2D eigenvalue weighted by atomic mass is 15.2. The molecular weight excluding hydrogens is 210 g/mol. The third kappa shape index (κ3) is 3.21. The van der Waals surface area contributed by atoms with Crippen LogP contribution >= 0.6 is 0 Å². The fraction of sp³-hybridized carbons (Fsp3) is 1.00. The molecule has 0 aromatic rings. The Morgan fingerprint density at radius 1 is 1.24 bits per heavy atom. The number of likely N-dealkylation sites (N-methyl/N-ethyl adjacent to an activating group) is 1. The lowest BCUT2D eigenvalue weighted by Crippen LogP contribution is -2.56. The van der Waals surface area contributed by atoms with Gasteiger partial charge in [-0.15, -0.1) is 0 Å². The molecule has 0 amide bonds. The molecule has 2 rings (SSSR count). The van der Waals surface area contributed by atoms with Crippen LogP contribution in [0.4, 0.5) is 0 Å². The van der Waals surface area contributed by atoms with Gasteiger partial charge in [0.25, 0.3) is 0 Å². The van der Waals surface area contributed by atoms with Gasteiger partial charge in [-0.05, 0) is 59.3 Å². The van der Waals surface area contributed by atoms with Crippen LogP contribution in [0.25, 0.3) is 0 Å². The van der Waals surface area contributed by atoms with Crippen LogP contribution in [-0.4, -0.2) is 55.1 Å². The summed E-state index contributed by atoms with van der Waals surface area (Å²) in [4.78, 5) is 5.03. The molecule has 1 aliphatic carbocycles. The standard InChI is InChI=1S/C14H29N3/c1-14(11-15,10-12-4-5-12)17(3)13-6-8-16(2)9-7-13/h12-13H,4-11,15H2,1-3H3. The molecule has 2 fully saturated rings. The summed E-state index contributed by atoms with van der Waals surface area (Å²) in [6.07, 6.45) is 6.75. The molecule has 0 bridgehead atoms. The van der Waals surface area contributed by atoms with E-state index in [-0.39, 0.29) is 5.54 Å². The first-order valence-electron chi connectivity index (χ1n) is 7.17. The van der Waals surface area contributed by atoms with Crippen LogP contribution in [0.3, 0.4) is 0 Å². The van der Waals surface area contributed by atoms with Gasteiger partial charge in [0.1, 0.15) is 0 Å². The summed E-state index contributed by atoms with van der Waals surface area (Å²) in [6.45, 7) is 5.63. The summed E-state index contributed by atoms with van der Waals surface area (Å²) in [6, 6.07) is 0.735. The zero-order valence-electron chi connectivity index (χ0n) is 11.8. The molecule has 0 aromatic carbocycles. The normalized spacial score (nSPS) is 27.4. The van der Waals surface area contributed by atoms with E-state index >= 15 is 0 Å². The maximum absolute atomic E-state index is 6.07. The van der Waals surface area contributed by atoms with Crippen molar-refractivity contribution >= 4 is 0 Å². The lowest BCUT2D eigenvalue weighted by Gasteiger charge is -2.45. The average molecular weight is 239 g/mol. The van der Waals surface area contributed by atoms with Crippen molar-refractivity contribution in [2.45, 2.75) is 50.6 Å². The second kappa shape index (κ2) is 5.25. The molecule has 1 atom stereocenters. The lowest BCUT2D eigenvalue weighted by molar-refractivity contribution is 0.0455. The number of nitrogens with zero attached hydrogens (tertiary/aromatic N) is 2. The van der Waals surface area contributed by atoms with Gasteiger partial charge in [-0.1, -0.05) is 12.8 Å². The summed E-state index contributed by atoms with van der Waals surface area (Å²) in [5.74, 6) is 0.956. The minimum atomic E-state index is 0.224. The Bertz CT molecular complexity index is 244. The van der Waals surface area contributed by atoms with Crippen molar-refractivity contribution in [3.8, 4) is 0 Å². The van der Waals surface area contributed by atoms with Crippen LogP contribution in [0.1, 0.15) is 39.0 Å². The van der Waals surface area contributed by atoms with Crippen molar-refractivity contribution in [2.75, 3.05) is 33.7 Å². The maximum Gasteiger partial charge on any atom is 0.0306 e. The Hall–Kier alpha value is -0.120. The van der Waals surface area contributed by atoms with E-state index in [1.807, 2.05) is 0 Å². The fourth-order valence-corrected chi connectivity index (χ4v) is 3.14. The van der Waals surface area contributed by atoms with E-state index in [1.54, 1.807) is 0 Å². The van der Waals surface area contributed by atoms with Crippen molar-refractivity contribution in [1.82, 2.24) is 9.80 Å². The van der Waals surface area contributed by atoms with Crippen LogP contribution in [0, 0.1) is 5.92 Å². The second-order valence-electron chi connectivity index (χ2n) is 6.49. The molecule has 2 N–H and O–H groups in total. The second-order valence-corrected chi connectivity index (χ2v) is 6.49. The van der Waals surface area contributed by atoms with E-state index in [2.05, 4.69) is 30.8 Å². The summed E-state index contributed by atoms with van der Waals surface area (Å²) in [5, 5.41) is 0. The monoisotopic (exact) mass is 239 g/mol. The highest BCUT2D eigenvalue weighted by Gasteiger charge is 2.38. The first-order valence-corrected chi connectivity index (χ1v) is 7.17. The Labute approximate surface area is 106 Å². The van der Waals surface area contributed by atoms with Crippen molar-refractivity contribution in [1.29, 1.82) is 0 Å². The SMILES string of the molecule is CN1CCC(N(C)C(C)(CN)CC2CC2)CC1. The predicted octanol–water partition coefficient (Wildman–Crippen LogP) is 1.53. The van der Waals surface area contributed by atoms with Crippen molar-refractivity contribution in [2.24, 2.45) is 11.7 Å². The molecule has 1 saturated heterocycles. The molecular formula is C14H29N3. The number of likely N-dealkylation sites (tertiary alicyclic amines) is 1. The molecule has 1 aliphatic heterocycles. The van der Waals surface area contributed by atoms with Gasteiger partial charge in [-0.3, -0.25) is 4.90 Å². The zero-order valence-corrected chi connectivity index (χ0v) is 11.8. The van der Waals surface area contributed by atoms with E-state index in [0.29, 0.717) is 0 Å². The first kappa shape index (κ1) is 13.3. The molecule has 3 heteroatoms. The molecule has 1 heterocycles. The quantitative estimate of drug-likeness (QED) is 0.790. The van der Waals surface area contributed by atoms with Crippen molar-refractivity contribution < 1.29 is 0 Å². The maximum atomic E-state index is 6.07. The van der Waals surface area contributed by atoms with Crippen LogP contribution in [0.15, 0.2) is 0 Å². The van der Waals surface area contributed by atoms with E-state index in [0.717, 1.165) is 18.5 Å². The van der Waals surface area contributed by atoms with E-state index in [1.165, 1.54) is 45.2 Å². The van der Waals surface area contributed by atoms with E-state index < -0.39 is 0 Å². The fourth-order valence-electron chi connectivity index (χ4n) is 3.14. The predicted molar refractivity (Wildman–Crippen MR) is 73.1 cm³/mol. The third-order valence-electron chi connectivity index (χ3n) is 4.95. The van der Waals surface area contributed by atoms with Gasteiger partial charge in [0.15, 0.2) is 0 Å². The minimum absolute atomic E-state index is 0.224. The Kier molecular flexibility index (Phi) is 4.11. The van der Waals surface area contributed by atoms with Gasteiger partial charge in [0.2, 0.25) is 0 Å². The highest BCUT2D eigenvalue weighted by Crippen LogP contribution is 2.39. The minimum Gasteiger partial charge on any atom is -0.329 e. The van der Waals surface area contributed by atoms with Gasteiger partial charge in [0, 0.05) is 18.1 Å². The van der Waals surface area contributed by atoms with Gasteiger partial charge >= 0.3 is 0 Å². The van der Waals surface area contributed by atoms with Gasteiger partial charge in [-0.25, -0.2) is 0 Å². The molecule has 0 spiro atoms. The number of nitrogens with two attached hydrogens (primary N) is 1. The highest BCUT2D eigenvalue weighted by molar-refractivity contribution is 4.95. The number of hydrogen-bond donors (Lipinski definition) is 1. The van der Waals surface area contributed by atoms with E-state index in [4.69, 9.17) is 5.73 Å². The Morgan fingerprint density at radius 3 is 2.29 bits per heavy atom. The molecule has 2 aliphatic rings. The number of rotatable bonds is 5. The van der Waals surface area contributed by atoms with Crippen molar-refractivity contribution in [3.05, 3.63) is 0 Å². The van der Waals surface area contributed by atoms with Crippen LogP contribution in [0.2, 0.25) is 0 Å². The molecule has 3 nitrogen and oxygen atoms in total. The topological polar surface area (TPSA) is 32.5 Å². The van der Waals surface area contributed by atoms with Crippen LogP contribution in [0.5, 0.6) is 0 Å². The Balaban J connectivity index is 1.92. The number of hydrogen-bond acceptors (Lipinski definition) is 3. The molecule has 1 unspecified atom stereocenters. The van der Waals surface area contributed by atoms with Gasteiger partial charge in [0.05, 0.1) is 0 Å². The largest absolute Gasteiger partial charge is 0.329 e. The summed E-state index contributed by atoms with van der Waals surface area (Å²) in [5.41, 5.74) is 6.29. The molecule has 1 saturated carbocycles. The number of piperidine rings is 1. The van der Waals surface area contributed by atoms with Crippen LogP contribution in [-0.2, 0) is 0 Å². The van der Waals surface area contributed by atoms with Gasteiger partial charge in [-0.2, -0.15) is 0 Å². The average Bonchev–Trinajstić information content (AvgIpc) is 3.13. The zero-order chi connectivity index (χ0) is 12.5. The third-order valence-corrected chi connectivity index (χ3v) is 4.95. The van der Waals surface area contributed by atoms with Gasteiger partial charge < -0.3 is 10.6 Å².